The van der Waals surface area contributed by atoms with Crippen LogP contribution in [-0.4, -0.2) is 34.3 Å². The van der Waals surface area contributed by atoms with E-state index in [4.69, 9.17) is 50.4 Å². The molecule has 0 bridgehead atoms. The van der Waals surface area contributed by atoms with E-state index in [9.17, 15) is 0 Å². The topological polar surface area (TPSA) is 97.8 Å². The minimum absolute atomic E-state index is 0.0238. The molecule has 0 atom stereocenters. The van der Waals surface area contributed by atoms with Crippen molar-refractivity contribution in [1.29, 1.82) is 0 Å². The number of hydrogen-bond donors (Lipinski definition) is 3. The van der Waals surface area contributed by atoms with Crippen molar-refractivity contribution in [2.24, 2.45) is 15.5 Å². The lowest BCUT2D eigenvalue weighted by atomic mass is 10.1. The van der Waals surface area contributed by atoms with Crippen LogP contribution in [0.25, 0.3) is 0 Å². The maximum absolute atomic E-state index is 8.53. The van der Waals surface area contributed by atoms with Gasteiger partial charge in [0.25, 0.3) is 0 Å². The van der Waals surface area contributed by atoms with Crippen LogP contribution >= 0.6 is 34.8 Å². The summed E-state index contributed by atoms with van der Waals surface area (Å²) in [5.41, 5.74) is 0.403. The number of oxime groups is 3. The van der Waals surface area contributed by atoms with Gasteiger partial charge in [0.15, 0.2) is 0 Å². The zero-order chi connectivity index (χ0) is 13.7. The molecule has 0 aliphatic carbocycles. The minimum atomic E-state index is 0.0238. The molecular weight excluding hydrogens is 304 g/mol. The van der Waals surface area contributed by atoms with E-state index in [1.54, 1.807) is 0 Å². The molecule has 0 spiro atoms. The molecule has 0 radical (unpaired) electrons. The number of rotatable bonds is 3. The predicted octanol–water partition coefficient (Wildman–Crippen LogP) is 3.07. The van der Waals surface area contributed by atoms with Crippen LogP contribution in [-0.2, 0) is 0 Å². The summed E-state index contributed by atoms with van der Waals surface area (Å²) in [4.78, 5) is 0. The Morgan fingerprint density at radius 3 is 1.00 bits per heavy atom. The van der Waals surface area contributed by atoms with E-state index >= 15 is 0 Å². The van der Waals surface area contributed by atoms with Gasteiger partial charge in [-0.2, -0.15) is 0 Å². The predicted molar refractivity (Wildman–Crippen MR) is 69.6 cm³/mol. The molecule has 18 heavy (non-hydrogen) atoms. The smallest absolute Gasteiger partial charge is 0.0764 e. The van der Waals surface area contributed by atoms with Crippen LogP contribution in [0.1, 0.15) is 16.7 Å². The van der Waals surface area contributed by atoms with Gasteiger partial charge < -0.3 is 15.6 Å². The van der Waals surface area contributed by atoms with Crippen molar-refractivity contribution in [3.63, 3.8) is 0 Å². The Labute approximate surface area is 116 Å². The molecule has 1 rings (SSSR count). The van der Waals surface area contributed by atoms with Crippen molar-refractivity contribution >= 4 is 53.4 Å². The second-order valence-electron chi connectivity index (χ2n) is 2.92. The monoisotopic (exact) mass is 309 g/mol. The Kier molecular flexibility index (Phi) is 5.21. The molecular formula is C9H6Cl3N3O3. The van der Waals surface area contributed by atoms with E-state index < -0.39 is 0 Å². The summed E-state index contributed by atoms with van der Waals surface area (Å²) < 4.78 is 0. The van der Waals surface area contributed by atoms with Crippen LogP contribution < -0.4 is 0 Å². The van der Waals surface area contributed by atoms with Crippen LogP contribution in [0.4, 0.5) is 0 Å². The zero-order valence-electron chi connectivity index (χ0n) is 8.55. The van der Waals surface area contributed by atoms with Crippen molar-refractivity contribution < 1.29 is 15.6 Å². The number of benzene rings is 1. The lowest BCUT2D eigenvalue weighted by molar-refractivity contribution is 0.322. The molecule has 6 nitrogen and oxygen atoms in total. The van der Waals surface area contributed by atoms with E-state index in [0.29, 0.717) is 0 Å². The summed E-state index contributed by atoms with van der Waals surface area (Å²) in [6.45, 7) is 0. The van der Waals surface area contributed by atoms with Crippen molar-refractivity contribution in [3.05, 3.63) is 31.8 Å². The molecule has 0 saturated carbocycles. The lowest BCUT2D eigenvalue weighted by Gasteiger charge is -2.10. The molecule has 0 fully saturated rings. The van der Waals surface area contributed by atoms with Crippen molar-refractivity contribution in [1.82, 2.24) is 0 Å². The summed E-state index contributed by atoms with van der Waals surface area (Å²) in [7, 11) is 0. The van der Waals surface area contributed by atoms with Gasteiger partial charge in [-0.05, 0) is 0 Å². The van der Waals surface area contributed by atoms with Crippen molar-refractivity contribution in [2.75, 3.05) is 0 Å². The molecule has 9 heteroatoms. The number of nitrogens with zero attached hydrogens (tertiary/aromatic N) is 3. The Hall–Kier alpha value is -1.50. The maximum atomic E-state index is 8.53. The van der Waals surface area contributed by atoms with Crippen LogP contribution in [0.3, 0.4) is 0 Å². The highest BCUT2D eigenvalue weighted by Gasteiger charge is 2.18. The Balaban J connectivity index is 3.74. The zero-order valence-corrected chi connectivity index (χ0v) is 10.8. The van der Waals surface area contributed by atoms with Gasteiger partial charge in [-0.3, -0.25) is 0 Å². The first-order valence-corrected chi connectivity index (χ1v) is 5.44. The molecule has 0 aliphatic rings. The summed E-state index contributed by atoms with van der Waals surface area (Å²) in [6.07, 6.45) is 2.93. The SMILES string of the molecule is O/N=C/c1c(Cl)c(/C=N/O)c(Cl)c(/C=N/O)c1Cl. The standard InChI is InChI=1S/C9H6Cl3N3O3/c10-7-4(1-13-16)8(11)6(3-15-18)9(12)5(7)2-14-17/h1-3,16-18H/b13-1+,14-2+,15-3+. The number of hydrogen-bond acceptors (Lipinski definition) is 6. The third-order valence-corrected chi connectivity index (χ3v) is 3.20. The molecule has 0 aliphatic heterocycles. The van der Waals surface area contributed by atoms with E-state index in [1.165, 1.54) is 0 Å². The molecule has 0 aromatic heterocycles. The average Bonchev–Trinajstić information content (AvgIpc) is 2.35. The van der Waals surface area contributed by atoms with Crippen molar-refractivity contribution in [3.8, 4) is 0 Å². The van der Waals surface area contributed by atoms with Crippen LogP contribution in [0.2, 0.25) is 15.1 Å². The fraction of sp³-hybridized carbons (Fsp3) is 0. The highest BCUT2D eigenvalue weighted by molar-refractivity contribution is 6.46. The minimum Gasteiger partial charge on any atom is -0.411 e. The Morgan fingerprint density at radius 2 is 0.833 bits per heavy atom. The molecule has 3 N–H and O–H groups in total. The first-order chi connectivity index (χ1) is 8.58. The normalized spacial score (nSPS) is 12.2. The second-order valence-corrected chi connectivity index (χ2v) is 4.05. The Bertz CT molecular complexity index is 446. The first-order valence-electron chi connectivity index (χ1n) is 4.31. The van der Waals surface area contributed by atoms with E-state index in [0.717, 1.165) is 18.6 Å². The maximum Gasteiger partial charge on any atom is 0.0764 e. The molecule has 96 valence electrons. The summed E-state index contributed by atoms with van der Waals surface area (Å²) in [6, 6.07) is 0. The fourth-order valence-electron chi connectivity index (χ4n) is 1.24. The van der Waals surface area contributed by atoms with E-state index in [2.05, 4.69) is 15.5 Å². The lowest BCUT2D eigenvalue weighted by Crippen LogP contribution is -2.00. The van der Waals surface area contributed by atoms with Crippen LogP contribution in [0.15, 0.2) is 15.5 Å². The van der Waals surface area contributed by atoms with Gasteiger partial charge in [-0.15, -0.1) is 0 Å². The van der Waals surface area contributed by atoms with Gasteiger partial charge in [0.05, 0.1) is 33.7 Å². The largest absolute Gasteiger partial charge is 0.411 e. The molecule has 1 aromatic rings. The van der Waals surface area contributed by atoms with Gasteiger partial charge in [0.2, 0.25) is 0 Å². The van der Waals surface area contributed by atoms with E-state index in [-0.39, 0.29) is 31.8 Å². The average molecular weight is 311 g/mol. The van der Waals surface area contributed by atoms with Gasteiger partial charge in [-0.25, -0.2) is 0 Å². The highest BCUT2D eigenvalue weighted by Crippen LogP contribution is 2.35. The van der Waals surface area contributed by atoms with Gasteiger partial charge >= 0.3 is 0 Å². The van der Waals surface area contributed by atoms with Crippen LogP contribution in [0, 0.1) is 0 Å². The fourth-order valence-corrected chi connectivity index (χ4v) is 2.24. The van der Waals surface area contributed by atoms with E-state index in [1.807, 2.05) is 0 Å². The molecule has 0 unspecified atom stereocenters. The first kappa shape index (κ1) is 14.6. The second kappa shape index (κ2) is 6.44. The van der Waals surface area contributed by atoms with Gasteiger partial charge in [0, 0.05) is 16.7 Å². The summed E-state index contributed by atoms with van der Waals surface area (Å²) in [5.74, 6) is 0. The molecule has 0 saturated heterocycles. The number of halogens is 3. The third-order valence-electron chi connectivity index (χ3n) is 1.98. The third kappa shape index (κ3) is 2.66. The summed E-state index contributed by atoms with van der Waals surface area (Å²) in [5, 5.41) is 34.1. The van der Waals surface area contributed by atoms with Crippen LogP contribution in [0.5, 0.6) is 0 Å². The van der Waals surface area contributed by atoms with Gasteiger partial charge in [0.1, 0.15) is 0 Å². The Morgan fingerprint density at radius 1 is 0.611 bits per heavy atom. The van der Waals surface area contributed by atoms with Gasteiger partial charge in [-0.1, -0.05) is 50.3 Å². The quantitative estimate of drug-likeness (QED) is 0.454. The molecule has 0 amide bonds. The van der Waals surface area contributed by atoms with Crippen molar-refractivity contribution in [2.45, 2.75) is 0 Å². The highest BCUT2D eigenvalue weighted by atomic mass is 35.5. The molecule has 1 aromatic carbocycles. The molecule has 0 heterocycles. The summed E-state index contributed by atoms with van der Waals surface area (Å²) >= 11 is 17.9.